The molecule has 5 atom stereocenters. The van der Waals surface area contributed by atoms with Crippen LogP contribution in [0.4, 0.5) is 0 Å². The molecule has 20 heavy (non-hydrogen) atoms. The third-order valence-corrected chi connectivity index (χ3v) is 5.78. The lowest BCUT2D eigenvalue weighted by molar-refractivity contribution is 0.0152. The summed E-state index contributed by atoms with van der Waals surface area (Å²) in [4.78, 5) is 2.73. The highest BCUT2D eigenvalue weighted by Gasteiger charge is 2.45. The normalized spacial score (nSPS) is 40.3. The van der Waals surface area contributed by atoms with E-state index in [1.807, 2.05) is 13.8 Å². The number of nitrogens with one attached hydrogen (secondary N) is 1. The monoisotopic (exact) mass is 278 g/mol. The van der Waals surface area contributed by atoms with Crippen molar-refractivity contribution in [1.82, 2.24) is 10.2 Å². The van der Waals surface area contributed by atoms with E-state index in [4.69, 9.17) is 0 Å². The van der Waals surface area contributed by atoms with Crippen molar-refractivity contribution in [2.24, 2.45) is 11.8 Å². The first-order valence-corrected chi connectivity index (χ1v) is 8.86. The summed E-state index contributed by atoms with van der Waals surface area (Å²) in [5, 5.41) is 3.49. The summed E-state index contributed by atoms with van der Waals surface area (Å²) in [7, 11) is 2.09. The fraction of sp³-hybridized carbons (Fsp3) is 0.889. The molecule has 3 rings (SSSR count). The van der Waals surface area contributed by atoms with E-state index in [0.29, 0.717) is 12.1 Å². The Balaban J connectivity index is 0.000000704. The summed E-state index contributed by atoms with van der Waals surface area (Å²) >= 11 is 0. The zero-order valence-electron chi connectivity index (χ0n) is 14.0. The molecule has 2 aliphatic heterocycles. The Morgan fingerprint density at radius 2 is 1.60 bits per heavy atom. The van der Waals surface area contributed by atoms with E-state index in [0.717, 1.165) is 17.9 Å². The van der Waals surface area contributed by atoms with Crippen LogP contribution in [0, 0.1) is 11.8 Å². The molecule has 2 heteroatoms. The van der Waals surface area contributed by atoms with Crippen LogP contribution in [0.15, 0.2) is 12.3 Å². The van der Waals surface area contributed by atoms with Gasteiger partial charge in [-0.05, 0) is 64.3 Å². The Bertz CT molecular complexity index is 325. The first-order valence-electron chi connectivity index (χ1n) is 8.86. The molecule has 0 spiro atoms. The minimum absolute atomic E-state index is 0.511. The van der Waals surface area contributed by atoms with Crippen molar-refractivity contribution in [1.29, 1.82) is 0 Å². The van der Waals surface area contributed by atoms with Crippen molar-refractivity contribution < 1.29 is 0 Å². The van der Waals surface area contributed by atoms with E-state index in [2.05, 4.69) is 30.8 Å². The second-order valence-electron chi connectivity index (χ2n) is 6.69. The first-order chi connectivity index (χ1) is 9.72. The van der Waals surface area contributed by atoms with Gasteiger partial charge in [-0.2, -0.15) is 0 Å². The van der Waals surface area contributed by atoms with E-state index in [9.17, 15) is 0 Å². The van der Waals surface area contributed by atoms with Crippen LogP contribution in [-0.4, -0.2) is 30.1 Å². The summed E-state index contributed by atoms with van der Waals surface area (Å²) in [6.45, 7) is 10.9. The highest BCUT2D eigenvalue weighted by Crippen LogP contribution is 2.46. The van der Waals surface area contributed by atoms with Gasteiger partial charge in [0.05, 0.1) is 0 Å². The van der Waals surface area contributed by atoms with Crippen LogP contribution in [0.1, 0.15) is 65.7 Å². The molecule has 1 aliphatic carbocycles. The Morgan fingerprint density at radius 1 is 1.00 bits per heavy atom. The Hall–Kier alpha value is -0.500. The molecule has 1 N–H and O–H groups in total. The van der Waals surface area contributed by atoms with Crippen LogP contribution >= 0.6 is 0 Å². The zero-order valence-corrected chi connectivity index (χ0v) is 14.0. The van der Waals surface area contributed by atoms with Crippen LogP contribution in [-0.2, 0) is 0 Å². The Morgan fingerprint density at radius 3 is 2.20 bits per heavy atom. The Labute approximate surface area is 126 Å². The van der Waals surface area contributed by atoms with E-state index >= 15 is 0 Å². The van der Waals surface area contributed by atoms with Gasteiger partial charge < -0.3 is 10.2 Å². The molecule has 3 fully saturated rings. The molecule has 2 heterocycles. The molecular weight excluding hydrogens is 244 g/mol. The summed E-state index contributed by atoms with van der Waals surface area (Å²) in [6.07, 6.45) is 9.88. The van der Waals surface area contributed by atoms with E-state index in [1.54, 1.807) is 0 Å². The van der Waals surface area contributed by atoms with Crippen molar-refractivity contribution in [3.8, 4) is 0 Å². The van der Waals surface area contributed by atoms with Gasteiger partial charge in [0.15, 0.2) is 0 Å². The minimum atomic E-state index is 0.511. The standard InChI is InChI=1S/C16H28N2.C2H6/c1-11-7-8-13-5-4-6-14-9-10-15(17-3)12(2)18(11)16(13)14;1-2/h11,13-17H,2,4-10H2,1,3H3;1-2H3/t11?,13?,14?,15-,16?;/m0./s1. The van der Waals surface area contributed by atoms with Gasteiger partial charge in [0.2, 0.25) is 0 Å². The van der Waals surface area contributed by atoms with Gasteiger partial charge in [0.25, 0.3) is 0 Å². The maximum absolute atomic E-state index is 4.45. The van der Waals surface area contributed by atoms with Crippen molar-refractivity contribution in [2.45, 2.75) is 83.8 Å². The van der Waals surface area contributed by atoms with Gasteiger partial charge in [0.1, 0.15) is 0 Å². The Kier molecular flexibility index (Phi) is 5.54. The highest BCUT2D eigenvalue weighted by atomic mass is 15.2. The van der Waals surface area contributed by atoms with Gasteiger partial charge >= 0.3 is 0 Å². The number of hydrogen-bond donors (Lipinski definition) is 1. The maximum atomic E-state index is 4.45. The van der Waals surface area contributed by atoms with E-state index < -0.39 is 0 Å². The molecule has 2 saturated heterocycles. The number of nitrogens with zero attached hydrogens (tertiary/aromatic N) is 1. The molecule has 0 bridgehead atoms. The molecule has 116 valence electrons. The second kappa shape index (κ2) is 6.98. The van der Waals surface area contributed by atoms with Crippen LogP contribution in [0.2, 0.25) is 0 Å². The van der Waals surface area contributed by atoms with Gasteiger partial charge in [-0.25, -0.2) is 0 Å². The highest BCUT2D eigenvalue weighted by molar-refractivity contribution is 5.14. The molecule has 2 nitrogen and oxygen atoms in total. The number of hydrogen-bond acceptors (Lipinski definition) is 2. The second-order valence-corrected chi connectivity index (χ2v) is 6.69. The summed E-state index contributed by atoms with van der Waals surface area (Å²) in [6, 6.07) is 2.03. The van der Waals surface area contributed by atoms with Crippen LogP contribution in [0.25, 0.3) is 0 Å². The smallest absolute Gasteiger partial charge is 0.0463 e. The maximum Gasteiger partial charge on any atom is 0.0463 e. The molecule has 0 aromatic heterocycles. The average Bonchev–Trinajstić information content (AvgIpc) is 2.63. The van der Waals surface area contributed by atoms with Gasteiger partial charge in [0, 0.05) is 23.8 Å². The molecule has 1 saturated carbocycles. The molecule has 0 aromatic rings. The lowest BCUT2D eigenvalue weighted by atomic mass is 9.70. The van der Waals surface area contributed by atoms with Crippen LogP contribution in [0.3, 0.4) is 0 Å². The topological polar surface area (TPSA) is 15.3 Å². The molecule has 4 unspecified atom stereocenters. The molecule has 0 radical (unpaired) electrons. The first kappa shape index (κ1) is 15.9. The molecular formula is C18H34N2. The summed E-state index contributed by atoms with van der Waals surface area (Å²) < 4.78 is 0. The average molecular weight is 278 g/mol. The summed E-state index contributed by atoms with van der Waals surface area (Å²) in [5.74, 6) is 1.88. The number of piperidine rings is 1. The van der Waals surface area contributed by atoms with E-state index in [-0.39, 0.29) is 0 Å². The predicted octanol–water partition coefficient (Wildman–Crippen LogP) is 4.18. The SMILES string of the molecule is C=C1[C@@H](NC)CCC2CCCC3CCC(C)N1C32.CC. The molecule has 3 aliphatic rings. The predicted molar refractivity (Wildman–Crippen MR) is 87.7 cm³/mol. The van der Waals surface area contributed by atoms with Crippen molar-refractivity contribution in [3.63, 3.8) is 0 Å². The minimum Gasteiger partial charge on any atom is -0.368 e. The lowest BCUT2D eigenvalue weighted by Gasteiger charge is -2.52. The van der Waals surface area contributed by atoms with Crippen molar-refractivity contribution >= 4 is 0 Å². The summed E-state index contributed by atoms with van der Waals surface area (Å²) in [5.41, 5.74) is 1.38. The quantitative estimate of drug-likeness (QED) is 0.774. The van der Waals surface area contributed by atoms with E-state index in [1.165, 1.54) is 50.6 Å². The number of likely N-dealkylation sites (N-methyl/N-ethyl adjacent to an activating group) is 1. The fourth-order valence-electron chi connectivity index (χ4n) is 4.85. The zero-order chi connectivity index (χ0) is 14.7. The van der Waals surface area contributed by atoms with Gasteiger partial charge in [-0.3, -0.25) is 0 Å². The van der Waals surface area contributed by atoms with Crippen molar-refractivity contribution in [2.75, 3.05) is 7.05 Å². The van der Waals surface area contributed by atoms with Crippen LogP contribution < -0.4 is 5.32 Å². The molecule has 0 aromatic carbocycles. The third kappa shape index (κ3) is 2.77. The van der Waals surface area contributed by atoms with Crippen LogP contribution in [0.5, 0.6) is 0 Å². The fourth-order valence-corrected chi connectivity index (χ4v) is 4.85. The van der Waals surface area contributed by atoms with Gasteiger partial charge in [-0.1, -0.05) is 26.8 Å². The van der Waals surface area contributed by atoms with Crippen molar-refractivity contribution in [3.05, 3.63) is 12.3 Å². The number of rotatable bonds is 1. The molecule has 0 amide bonds. The lowest BCUT2D eigenvalue weighted by Crippen LogP contribution is -2.54. The third-order valence-electron chi connectivity index (χ3n) is 5.78. The van der Waals surface area contributed by atoms with Gasteiger partial charge in [-0.15, -0.1) is 0 Å². The largest absolute Gasteiger partial charge is 0.368 e.